The van der Waals surface area contributed by atoms with Crippen molar-refractivity contribution in [3.05, 3.63) is 89.1 Å². The maximum Gasteiger partial charge on any atom is 0.255 e. The molecule has 8 nitrogen and oxygen atoms in total. The molecule has 0 saturated carbocycles. The molecule has 3 aromatic rings. The van der Waals surface area contributed by atoms with Crippen LogP contribution in [0.5, 0.6) is 0 Å². The van der Waals surface area contributed by atoms with Gasteiger partial charge in [-0.15, -0.1) is 0 Å². The van der Waals surface area contributed by atoms with Crippen LogP contribution in [0.4, 0.5) is 0 Å². The summed E-state index contributed by atoms with van der Waals surface area (Å²) in [5, 5.41) is 13.5. The molecule has 1 atom stereocenters. The lowest BCUT2D eigenvalue weighted by molar-refractivity contribution is -0.136. The van der Waals surface area contributed by atoms with Crippen LogP contribution in [0.1, 0.15) is 52.7 Å². The molecule has 3 aliphatic rings. The molecule has 2 saturated heterocycles. The number of imide groups is 1. The summed E-state index contributed by atoms with van der Waals surface area (Å²) < 4.78 is 0. The first kappa shape index (κ1) is 24.5. The molecule has 2 fully saturated rings. The fraction of sp³-hybridized carbons (Fsp3) is 0.333. The Kier molecular flexibility index (Phi) is 6.29. The predicted octanol–water partition coefficient (Wildman–Crippen LogP) is 2.99. The molecule has 0 spiro atoms. The Labute approximate surface area is 221 Å². The standard InChI is InChI=1S/C30H30N4O4/c35-27-9-8-26(28(36)32-27)34-19-22-17-21(6-7-24(22)29(34)37)25-16-20(10-13-31-25)18-33-14-11-30(38,12-15-33)23-4-2-1-3-5-23/h1-7,10,13,16-17,26,38H,8-9,11-12,14-15,18-19H2,(H,32,35,36). The molecule has 0 radical (unpaired) electrons. The largest absolute Gasteiger partial charge is 0.385 e. The van der Waals surface area contributed by atoms with Crippen LogP contribution >= 0.6 is 0 Å². The average Bonchev–Trinajstić information content (AvgIpc) is 3.26. The van der Waals surface area contributed by atoms with Crippen molar-refractivity contribution in [2.24, 2.45) is 0 Å². The number of aliphatic hydroxyl groups is 1. The van der Waals surface area contributed by atoms with Gasteiger partial charge in [-0.25, -0.2) is 0 Å². The highest BCUT2D eigenvalue weighted by Crippen LogP contribution is 2.34. The van der Waals surface area contributed by atoms with Crippen LogP contribution < -0.4 is 5.32 Å². The number of piperidine rings is 2. The zero-order valence-corrected chi connectivity index (χ0v) is 21.1. The van der Waals surface area contributed by atoms with Gasteiger partial charge in [0, 0.05) is 49.9 Å². The third-order valence-corrected chi connectivity index (χ3v) is 8.04. The van der Waals surface area contributed by atoms with Gasteiger partial charge in [0.25, 0.3) is 5.91 Å². The van der Waals surface area contributed by atoms with Gasteiger partial charge in [0.1, 0.15) is 6.04 Å². The van der Waals surface area contributed by atoms with Gasteiger partial charge in [0.2, 0.25) is 11.8 Å². The highest BCUT2D eigenvalue weighted by Gasteiger charge is 2.39. The van der Waals surface area contributed by atoms with Gasteiger partial charge in [0.05, 0.1) is 11.3 Å². The van der Waals surface area contributed by atoms with Crippen LogP contribution in [0.25, 0.3) is 11.3 Å². The summed E-state index contributed by atoms with van der Waals surface area (Å²) in [7, 11) is 0. The van der Waals surface area contributed by atoms with E-state index in [9.17, 15) is 19.5 Å². The fourth-order valence-corrected chi connectivity index (χ4v) is 5.84. The summed E-state index contributed by atoms with van der Waals surface area (Å²) in [6, 6.07) is 19.1. The Hall–Kier alpha value is -3.88. The molecule has 2 N–H and O–H groups in total. The zero-order valence-electron chi connectivity index (χ0n) is 21.1. The minimum atomic E-state index is -0.773. The number of rotatable bonds is 5. The summed E-state index contributed by atoms with van der Waals surface area (Å²) in [5.74, 6) is -0.875. The SMILES string of the molecule is O=C1CCC(N2Cc3cc(-c4cc(CN5CCC(O)(c6ccccc6)CC5)ccn4)ccc3C2=O)C(=O)N1. The van der Waals surface area contributed by atoms with Crippen molar-refractivity contribution in [3.8, 4) is 11.3 Å². The van der Waals surface area contributed by atoms with E-state index >= 15 is 0 Å². The minimum Gasteiger partial charge on any atom is -0.385 e. The van der Waals surface area contributed by atoms with Crippen molar-refractivity contribution >= 4 is 17.7 Å². The van der Waals surface area contributed by atoms with Crippen molar-refractivity contribution in [1.82, 2.24) is 20.1 Å². The number of hydrogen-bond donors (Lipinski definition) is 2. The van der Waals surface area contributed by atoms with E-state index < -0.39 is 17.6 Å². The summed E-state index contributed by atoms with van der Waals surface area (Å²) in [5.41, 5.74) is 4.55. The maximum atomic E-state index is 13.0. The highest BCUT2D eigenvalue weighted by atomic mass is 16.3. The first-order chi connectivity index (χ1) is 18.4. The minimum absolute atomic E-state index is 0.177. The number of amides is 3. The van der Waals surface area contributed by atoms with E-state index in [1.54, 1.807) is 4.90 Å². The molecule has 0 bridgehead atoms. The second-order valence-corrected chi connectivity index (χ2v) is 10.5. The molecular weight excluding hydrogens is 480 g/mol. The second-order valence-electron chi connectivity index (χ2n) is 10.5. The van der Waals surface area contributed by atoms with Gasteiger partial charge >= 0.3 is 0 Å². The van der Waals surface area contributed by atoms with E-state index in [1.807, 2.05) is 60.8 Å². The van der Waals surface area contributed by atoms with Crippen molar-refractivity contribution in [3.63, 3.8) is 0 Å². The van der Waals surface area contributed by atoms with Gasteiger partial charge in [-0.1, -0.05) is 36.4 Å². The van der Waals surface area contributed by atoms with Crippen molar-refractivity contribution in [1.29, 1.82) is 0 Å². The Morgan fingerprint density at radius 1 is 1.00 bits per heavy atom. The van der Waals surface area contributed by atoms with Gasteiger partial charge in [-0.3, -0.25) is 29.6 Å². The molecule has 3 aliphatic heterocycles. The lowest BCUT2D eigenvalue weighted by Gasteiger charge is -2.38. The second kappa shape index (κ2) is 9.78. The number of likely N-dealkylation sites (tertiary alicyclic amines) is 1. The molecule has 38 heavy (non-hydrogen) atoms. The fourth-order valence-electron chi connectivity index (χ4n) is 5.84. The molecule has 8 heteroatoms. The zero-order chi connectivity index (χ0) is 26.3. The molecule has 1 unspecified atom stereocenters. The van der Waals surface area contributed by atoms with Crippen LogP contribution in [0.15, 0.2) is 66.9 Å². The Morgan fingerprint density at radius 3 is 2.55 bits per heavy atom. The van der Waals surface area contributed by atoms with E-state index in [0.29, 0.717) is 31.4 Å². The van der Waals surface area contributed by atoms with Gasteiger partial charge in [0.15, 0.2) is 0 Å². The van der Waals surface area contributed by atoms with Crippen LogP contribution in [0.2, 0.25) is 0 Å². The normalized spacial score (nSPS) is 21.3. The average molecular weight is 511 g/mol. The number of carbonyl (C=O) groups excluding carboxylic acids is 3. The van der Waals surface area contributed by atoms with E-state index in [1.165, 1.54) is 0 Å². The lowest BCUT2D eigenvalue weighted by Crippen LogP contribution is -2.52. The number of carbonyl (C=O) groups is 3. The third-order valence-electron chi connectivity index (χ3n) is 8.04. The number of aromatic nitrogens is 1. The third kappa shape index (κ3) is 4.61. The lowest BCUT2D eigenvalue weighted by atomic mass is 9.84. The Bertz CT molecular complexity index is 1400. The first-order valence-corrected chi connectivity index (χ1v) is 13.1. The molecule has 0 aliphatic carbocycles. The molecule has 4 heterocycles. The number of nitrogens with one attached hydrogen (secondary N) is 1. The Morgan fingerprint density at radius 2 is 1.79 bits per heavy atom. The number of fused-ring (bicyclic) bond motifs is 1. The monoisotopic (exact) mass is 510 g/mol. The van der Waals surface area contributed by atoms with E-state index in [-0.39, 0.29) is 18.2 Å². The molecule has 6 rings (SSSR count). The van der Waals surface area contributed by atoms with Gasteiger partial charge in [-0.05, 0) is 60.2 Å². The van der Waals surface area contributed by atoms with Crippen LogP contribution in [0.3, 0.4) is 0 Å². The quantitative estimate of drug-likeness (QED) is 0.512. The molecule has 1 aromatic heterocycles. The smallest absolute Gasteiger partial charge is 0.255 e. The topological polar surface area (TPSA) is 103 Å². The number of benzene rings is 2. The van der Waals surface area contributed by atoms with Crippen molar-refractivity contribution in [2.75, 3.05) is 13.1 Å². The van der Waals surface area contributed by atoms with Gasteiger partial charge in [-0.2, -0.15) is 0 Å². The van der Waals surface area contributed by atoms with Crippen molar-refractivity contribution in [2.45, 2.75) is 50.4 Å². The van der Waals surface area contributed by atoms with Gasteiger partial charge < -0.3 is 10.0 Å². The molecule has 194 valence electrons. The van der Waals surface area contributed by atoms with E-state index in [4.69, 9.17) is 0 Å². The summed E-state index contributed by atoms with van der Waals surface area (Å²) in [4.78, 5) is 45.4. The predicted molar refractivity (Wildman–Crippen MR) is 141 cm³/mol. The first-order valence-electron chi connectivity index (χ1n) is 13.1. The summed E-state index contributed by atoms with van der Waals surface area (Å²) >= 11 is 0. The summed E-state index contributed by atoms with van der Waals surface area (Å²) in [6.45, 7) is 2.72. The molecular formula is C30H30N4O4. The number of nitrogens with zero attached hydrogens (tertiary/aromatic N) is 3. The molecule has 3 amide bonds. The summed E-state index contributed by atoms with van der Waals surface area (Å²) in [6.07, 6.45) is 3.78. The van der Waals surface area contributed by atoms with Crippen LogP contribution in [-0.2, 0) is 28.3 Å². The highest BCUT2D eigenvalue weighted by molar-refractivity contribution is 6.05. The number of pyridine rings is 1. The van der Waals surface area contributed by atoms with Crippen LogP contribution in [-0.4, -0.2) is 56.7 Å². The molecule has 2 aromatic carbocycles. The van der Waals surface area contributed by atoms with E-state index in [0.717, 1.165) is 47.6 Å². The maximum absolute atomic E-state index is 13.0. The van der Waals surface area contributed by atoms with Crippen molar-refractivity contribution < 1.29 is 19.5 Å². The Balaban J connectivity index is 1.14. The van der Waals surface area contributed by atoms with Crippen LogP contribution in [0, 0.1) is 0 Å². The van der Waals surface area contributed by atoms with E-state index in [2.05, 4.69) is 21.3 Å². The number of hydrogen-bond acceptors (Lipinski definition) is 6.